The predicted molar refractivity (Wildman–Crippen MR) is 125 cm³/mol. The van der Waals surface area contributed by atoms with Gasteiger partial charge in [0.15, 0.2) is 12.6 Å². The van der Waals surface area contributed by atoms with E-state index in [4.69, 9.17) is 28.4 Å². The molecule has 36 heavy (non-hydrogen) atoms. The number of hydrogen-bond donors (Lipinski definition) is 3. The third-order valence-corrected chi connectivity index (χ3v) is 6.64. The first-order valence-corrected chi connectivity index (χ1v) is 12.5. The molecule has 2 bridgehead atoms. The predicted octanol–water partition coefficient (Wildman–Crippen LogP) is 0.346. The number of oxime groups is 1. The van der Waals surface area contributed by atoms with E-state index in [-0.39, 0.29) is 31.7 Å². The topological polar surface area (TPSA) is 155 Å². The Morgan fingerprint density at radius 3 is 2.39 bits per heavy atom. The smallest absolute Gasteiger partial charge is 0.306 e. The van der Waals surface area contributed by atoms with E-state index in [1.807, 2.05) is 27.7 Å². The quantitative estimate of drug-likeness (QED) is 0.197. The molecule has 0 saturated carbocycles. The fourth-order valence-corrected chi connectivity index (χ4v) is 4.86. The van der Waals surface area contributed by atoms with Gasteiger partial charge in [-0.3, -0.25) is 4.79 Å². The lowest BCUT2D eigenvalue weighted by Crippen LogP contribution is -2.61. The van der Waals surface area contributed by atoms with Gasteiger partial charge in [-0.25, -0.2) is 0 Å². The molecule has 0 aromatic heterocycles. The fraction of sp³-hybridized carbons (Fsp3) is 0.917. The molecule has 3 aliphatic rings. The van der Waals surface area contributed by atoms with Crippen molar-refractivity contribution < 1.29 is 53.4 Å². The molecule has 12 nitrogen and oxygen atoms in total. The summed E-state index contributed by atoms with van der Waals surface area (Å²) in [5.74, 6) is -1.21. The van der Waals surface area contributed by atoms with E-state index in [9.17, 15) is 20.1 Å². The molecule has 0 amide bonds. The maximum absolute atomic E-state index is 12.2. The van der Waals surface area contributed by atoms with Gasteiger partial charge >= 0.3 is 5.97 Å². The van der Waals surface area contributed by atoms with Crippen molar-refractivity contribution in [1.82, 2.24) is 0 Å². The number of carbonyl (C=O) groups is 1. The molecule has 3 rings (SSSR count). The second kappa shape index (κ2) is 12.9. The Morgan fingerprint density at radius 1 is 1.03 bits per heavy atom. The van der Waals surface area contributed by atoms with Crippen LogP contribution in [0.25, 0.3) is 0 Å². The second-order valence-corrected chi connectivity index (χ2v) is 10.2. The summed E-state index contributed by atoms with van der Waals surface area (Å²) in [6.45, 7) is 9.13. The van der Waals surface area contributed by atoms with Crippen LogP contribution in [0.1, 0.15) is 47.5 Å². The Kier molecular flexibility index (Phi) is 10.5. The van der Waals surface area contributed by atoms with Gasteiger partial charge in [0.1, 0.15) is 50.3 Å². The summed E-state index contributed by atoms with van der Waals surface area (Å²) in [7, 11) is 1.43. The SMILES string of the molecule is CO/N=C(\C)CCC(=O)OCC1O[C@@H](O[C@H]2C3OC[C@H]2O[C@@H](OC(C)C)C3O)C(O)[C@@H](C(C)C)[C@H]1O. The van der Waals surface area contributed by atoms with Crippen LogP contribution in [-0.4, -0.2) is 109 Å². The van der Waals surface area contributed by atoms with Crippen molar-refractivity contribution in [1.29, 1.82) is 0 Å². The van der Waals surface area contributed by atoms with Crippen molar-refractivity contribution in [2.45, 2.75) is 109 Å². The molecule has 3 heterocycles. The van der Waals surface area contributed by atoms with Crippen molar-refractivity contribution in [3.05, 3.63) is 0 Å². The summed E-state index contributed by atoms with van der Waals surface area (Å²) in [6, 6.07) is 0. The van der Waals surface area contributed by atoms with Gasteiger partial charge in [-0.05, 0) is 33.1 Å². The third-order valence-electron chi connectivity index (χ3n) is 6.64. The summed E-state index contributed by atoms with van der Waals surface area (Å²) in [5.41, 5.74) is 0.648. The summed E-state index contributed by atoms with van der Waals surface area (Å²) < 4.78 is 34.5. The molecule has 0 spiro atoms. The molecule has 3 N–H and O–H groups in total. The van der Waals surface area contributed by atoms with Crippen LogP contribution in [-0.2, 0) is 38.1 Å². The van der Waals surface area contributed by atoms with Gasteiger partial charge in [0.2, 0.25) is 0 Å². The first-order chi connectivity index (χ1) is 17.0. The number of nitrogens with zero attached hydrogens (tertiary/aromatic N) is 1. The van der Waals surface area contributed by atoms with E-state index >= 15 is 0 Å². The maximum atomic E-state index is 12.2. The number of hydrogen-bond acceptors (Lipinski definition) is 12. The van der Waals surface area contributed by atoms with E-state index in [0.29, 0.717) is 12.1 Å². The van der Waals surface area contributed by atoms with Crippen LogP contribution >= 0.6 is 0 Å². The molecule has 10 atom stereocenters. The number of esters is 1. The molecule has 4 unspecified atom stereocenters. The molecular formula is C24H41NO11. The van der Waals surface area contributed by atoms with Crippen molar-refractivity contribution in [3.63, 3.8) is 0 Å². The standard InChI is InChI=1S/C24H41NO11/c1-11(2)17-18(27)14(9-31-16(26)8-7-13(5)25-30-6)34-23(19(17)28)36-21-15-10-32-22(21)20(29)24(35-15)33-12(3)4/h11-12,14-15,17-24,27-29H,7-10H2,1-6H3/b25-13+/t14?,15-,17+,18+,19?,20?,21-,22?,23+,24-/m1/s1. The molecule has 0 aliphatic carbocycles. The van der Waals surface area contributed by atoms with E-state index in [1.54, 1.807) is 6.92 Å². The average Bonchev–Trinajstić information content (AvgIpc) is 3.11. The minimum Gasteiger partial charge on any atom is -0.463 e. The zero-order valence-corrected chi connectivity index (χ0v) is 21.8. The number of fused-ring (bicyclic) bond motifs is 2. The highest BCUT2D eigenvalue weighted by atomic mass is 16.8. The molecule has 12 heteroatoms. The lowest BCUT2D eigenvalue weighted by atomic mass is 9.80. The highest BCUT2D eigenvalue weighted by Crippen LogP contribution is 2.37. The van der Waals surface area contributed by atoms with Gasteiger partial charge in [-0.2, -0.15) is 0 Å². The van der Waals surface area contributed by atoms with E-state index < -0.39 is 67.2 Å². The second-order valence-electron chi connectivity index (χ2n) is 10.2. The van der Waals surface area contributed by atoms with Gasteiger partial charge in [0.25, 0.3) is 0 Å². The summed E-state index contributed by atoms with van der Waals surface area (Å²) in [4.78, 5) is 16.9. The highest BCUT2D eigenvalue weighted by Gasteiger charge is 2.55. The van der Waals surface area contributed by atoms with Crippen molar-refractivity contribution in [2.75, 3.05) is 20.3 Å². The minimum atomic E-state index is -1.17. The summed E-state index contributed by atoms with van der Waals surface area (Å²) in [6.07, 6.45) is -7.96. The molecular weight excluding hydrogens is 478 g/mol. The molecule has 208 valence electrons. The van der Waals surface area contributed by atoms with Crippen molar-refractivity contribution >= 4 is 11.7 Å². The number of rotatable bonds is 11. The van der Waals surface area contributed by atoms with Gasteiger partial charge in [0.05, 0.1) is 30.9 Å². The van der Waals surface area contributed by atoms with Crippen LogP contribution in [0.3, 0.4) is 0 Å². The molecule has 3 fully saturated rings. The largest absolute Gasteiger partial charge is 0.463 e. The molecule has 3 saturated heterocycles. The van der Waals surface area contributed by atoms with Crippen LogP contribution in [0.4, 0.5) is 0 Å². The Labute approximate surface area is 211 Å². The summed E-state index contributed by atoms with van der Waals surface area (Å²) >= 11 is 0. The number of aliphatic hydroxyl groups excluding tert-OH is 3. The maximum Gasteiger partial charge on any atom is 0.306 e. The molecule has 0 aromatic rings. The summed E-state index contributed by atoms with van der Waals surface area (Å²) in [5, 5.41) is 36.4. The van der Waals surface area contributed by atoms with Crippen LogP contribution in [0.15, 0.2) is 5.16 Å². The van der Waals surface area contributed by atoms with Crippen molar-refractivity contribution in [3.8, 4) is 0 Å². The van der Waals surface area contributed by atoms with Crippen LogP contribution in [0, 0.1) is 11.8 Å². The van der Waals surface area contributed by atoms with Gasteiger partial charge in [-0.1, -0.05) is 19.0 Å². The van der Waals surface area contributed by atoms with Crippen molar-refractivity contribution in [2.24, 2.45) is 17.0 Å². The monoisotopic (exact) mass is 519 g/mol. The Balaban J connectivity index is 1.64. The minimum absolute atomic E-state index is 0.0925. The van der Waals surface area contributed by atoms with Gasteiger partial charge in [0, 0.05) is 5.92 Å². The lowest BCUT2D eigenvalue weighted by Gasteiger charge is -2.46. The van der Waals surface area contributed by atoms with E-state index in [0.717, 1.165) is 0 Å². The number of aliphatic hydroxyl groups is 3. The lowest BCUT2D eigenvalue weighted by molar-refractivity contribution is -0.339. The number of ether oxygens (including phenoxy) is 6. The first-order valence-electron chi connectivity index (χ1n) is 12.5. The molecule has 0 radical (unpaired) electrons. The van der Waals surface area contributed by atoms with Crippen LogP contribution < -0.4 is 0 Å². The third kappa shape index (κ3) is 6.93. The Morgan fingerprint density at radius 2 is 1.75 bits per heavy atom. The van der Waals surface area contributed by atoms with E-state index in [2.05, 4.69) is 9.99 Å². The molecule has 0 aromatic carbocycles. The zero-order valence-electron chi connectivity index (χ0n) is 21.8. The van der Waals surface area contributed by atoms with Gasteiger partial charge in [-0.15, -0.1) is 0 Å². The van der Waals surface area contributed by atoms with Crippen LogP contribution in [0.2, 0.25) is 0 Å². The van der Waals surface area contributed by atoms with Crippen LogP contribution in [0.5, 0.6) is 0 Å². The molecule has 3 aliphatic heterocycles. The Bertz CT molecular complexity index is 748. The number of carbonyl (C=O) groups excluding carboxylic acids is 1. The van der Waals surface area contributed by atoms with Gasteiger partial charge < -0.3 is 48.6 Å². The fourth-order valence-electron chi connectivity index (χ4n) is 4.86. The zero-order chi connectivity index (χ0) is 26.6. The van der Waals surface area contributed by atoms with E-state index in [1.165, 1.54) is 7.11 Å². The Hall–Kier alpha value is -1.38. The highest BCUT2D eigenvalue weighted by molar-refractivity contribution is 5.85. The first kappa shape index (κ1) is 29.2. The average molecular weight is 520 g/mol. The normalized spacial score (nSPS) is 39.0.